The fraction of sp³-hybridized carbons (Fsp3) is 0.286. The van der Waals surface area contributed by atoms with Crippen molar-refractivity contribution in [1.82, 2.24) is 10.9 Å². The Kier molecular flexibility index (Phi) is 7.19. The molecule has 0 saturated carbocycles. The van der Waals surface area contributed by atoms with Gasteiger partial charge in [0.05, 0.1) is 13.7 Å². The SMILES string of the molecule is COc1ccc(NCC(=O)NNC(=O)c2cccc(NC(=O)C(C)(C)C)c2)cc1. The molecule has 0 aromatic heterocycles. The van der Waals surface area contributed by atoms with Crippen molar-refractivity contribution in [3.05, 3.63) is 54.1 Å². The zero-order valence-electron chi connectivity index (χ0n) is 17.0. The number of nitrogens with one attached hydrogen (secondary N) is 4. The van der Waals surface area contributed by atoms with E-state index in [0.717, 1.165) is 5.69 Å². The van der Waals surface area contributed by atoms with Gasteiger partial charge in [-0.05, 0) is 42.5 Å². The van der Waals surface area contributed by atoms with E-state index in [0.29, 0.717) is 17.0 Å². The van der Waals surface area contributed by atoms with Crippen LogP contribution >= 0.6 is 0 Å². The molecule has 0 aliphatic heterocycles. The van der Waals surface area contributed by atoms with Gasteiger partial charge in [0.25, 0.3) is 11.8 Å². The summed E-state index contributed by atoms with van der Waals surface area (Å²) in [7, 11) is 1.58. The third kappa shape index (κ3) is 6.84. The molecule has 4 N–H and O–H groups in total. The Morgan fingerprint density at radius 2 is 1.62 bits per heavy atom. The van der Waals surface area contributed by atoms with Crippen molar-refractivity contribution < 1.29 is 19.1 Å². The predicted octanol–water partition coefficient (Wildman–Crippen LogP) is 2.55. The standard InChI is InChI=1S/C21H26N4O4/c1-21(2,3)20(28)23-16-7-5-6-14(12-16)19(27)25-24-18(26)13-22-15-8-10-17(29-4)11-9-15/h5-12,22H,13H2,1-4H3,(H,23,28)(H,24,26)(H,25,27). The monoisotopic (exact) mass is 398 g/mol. The molecule has 8 heteroatoms. The van der Waals surface area contributed by atoms with E-state index in [4.69, 9.17) is 4.74 Å². The summed E-state index contributed by atoms with van der Waals surface area (Å²) in [4.78, 5) is 36.3. The lowest BCUT2D eigenvalue weighted by atomic mass is 9.95. The van der Waals surface area contributed by atoms with Crippen LogP contribution in [-0.4, -0.2) is 31.4 Å². The van der Waals surface area contributed by atoms with E-state index in [2.05, 4.69) is 21.5 Å². The molecule has 3 amide bonds. The van der Waals surface area contributed by atoms with E-state index < -0.39 is 17.2 Å². The number of hydrogen-bond donors (Lipinski definition) is 4. The van der Waals surface area contributed by atoms with Crippen molar-refractivity contribution in [3.8, 4) is 5.75 Å². The zero-order chi connectivity index (χ0) is 21.4. The topological polar surface area (TPSA) is 109 Å². The Labute approximate surface area is 170 Å². The Hall–Kier alpha value is -3.55. The smallest absolute Gasteiger partial charge is 0.269 e. The van der Waals surface area contributed by atoms with E-state index in [1.807, 2.05) is 0 Å². The van der Waals surface area contributed by atoms with E-state index in [1.165, 1.54) is 0 Å². The molecule has 0 spiro atoms. The number of hydrogen-bond acceptors (Lipinski definition) is 5. The number of amides is 3. The molecule has 0 fully saturated rings. The zero-order valence-corrected chi connectivity index (χ0v) is 17.0. The predicted molar refractivity (Wildman–Crippen MR) is 112 cm³/mol. The highest BCUT2D eigenvalue weighted by Crippen LogP contribution is 2.18. The van der Waals surface area contributed by atoms with Crippen LogP contribution in [0.3, 0.4) is 0 Å². The summed E-state index contributed by atoms with van der Waals surface area (Å²) >= 11 is 0. The number of rotatable bonds is 6. The van der Waals surface area contributed by atoms with Crippen LogP contribution < -0.4 is 26.2 Å². The number of carbonyl (C=O) groups excluding carboxylic acids is 3. The molecule has 29 heavy (non-hydrogen) atoms. The lowest BCUT2D eigenvalue weighted by Crippen LogP contribution is -2.44. The van der Waals surface area contributed by atoms with Gasteiger partial charge in [-0.15, -0.1) is 0 Å². The molecule has 154 valence electrons. The molecule has 0 radical (unpaired) electrons. The van der Waals surface area contributed by atoms with E-state index >= 15 is 0 Å². The van der Waals surface area contributed by atoms with Gasteiger partial charge in [0, 0.05) is 22.4 Å². The van der Waals surface area contributed by atoms with Crippen LogP contribution in [-0.2, 0) is 9.59 Å². The first-order chi connectivity index (χ1) is 13.7. The van der Waals surface area contributed by atoms with Crippen LogP contribution in [0.2, 0.25) is 0 Å². The van der Waals surface area contributed by atoms with E-state index in [1.54, 1.807) is 76.4 Å². The van der Waals surface area contributed by atoms with E-state index in [-0.39, 0.29) is 12.5 Å². The van der Waals surface area contributed by atoms with Gasteiger partial charge in [0.2, 0.25) is 5.91 Å². The van der Waals surface area contributed by atoms with Crippen LogP contribution in [0.25, 0.3) is 0 Å². The molecule has 2 aromatic carbocycles. The first-order valence-corrected chi connectivity index (χ1v) is 9.07. The molecule has 0 atom stereocenters. The van der Waals surface area contributed by atoms with Gasteiger partial charge >= 0.3 is 0 Å². The molecule has 0 saturated heterocycles. The number of methoxy groups -OCH3 is 1. The Bertz CT molecular complexity index is 873. The van der Waals surface area contributed by atoms with Crippen LogP contribution in [0.1, 0.15) is 31.1 Å². The fourth-order valence-electron chi connectivity index (χ4n) is 2.19. The maximum Gasteiger partial charge on any atom is 0.269 e. The molecule has 8 nitrogen and oxygen atoms in total. The third-order valence-electron chi connectivity index (χ3n) is 3.92. The molecule has 0 heterocycles. The molecule has 0 aliphatic carbocycles. The van der Waals surface area contributed by atoms with Crippen LogP contribution in [0.5, 0.6) is 5.75 Å². The van der Waals surface area contributed by atoms with Crippen molar-refractivity contribution in [1.29, 1.82) is 0 Å². The second-order valence-electron chi connectivity index (χ2n) is 7.37. The average Bonchev–Trinajstić information content (AvgIpc) is 2.70. The highest BCUT2D eigenvalue weighted by molar-refractivity contribution is 5.99. The summed E-state index contributed by atoms with van der Waals surface area (Å²) in [6.07, 6.45) is 0. The Morgan fingerprint density at radius 1 is 0.931 bits per heavy atom. The summed E-state index contributed by atoms with van der Waals surface area (Å²) in [5.41, 5.74) is 5.70. The van der Waals surface area contributed by atoms with Crippen LogP contribution in [0, 0.1) is 5.41 Å². The molecular weight excluding hydrogens is 372 g/mol. The first kappa shape index (κ1) is 21.7. The maximum absolute atomic E-state index is 12.3. The van der Waals surface area contributed by atoms with Crippen molar-refractivity contribution in [3.63, 3.8) is 0 Å². The molecule has 0 bridgehead atoms. The van der Waals surface area contributed by atoms with Gasteiger partial charge in [-0.1, -0.05) is 26.8 Å². The number of hydrazine groups is 1. The number of ether oxygens (including phenoxy) is 1. The van der Waals surface area contributed by atoms with Crippen LogP contribution in [0.4, 0.5) is 11.4 Å². The van der Waals surface area contributed by atoms with Crippen molar-refractivity contribution in [2.75, 3.05) is 24.3 Å². The normalized spacial score (nSPS) is 10.6. The van der Waals surface area contributed by atoms with Crippen LogP contribution in [0.15, 0.2) is 48.5 Å². The summed E-state index contributed by atoms with van der Waals surface area (Å²) < 4.78 is 5.07. The Balaban J connectivity index is 1.84. The molecular formula is C21H26N4O4. The lowest BCUT2D eigenvalue weighted by Gasteiger charge is -2.18. The second kappa shape index (κ2) is 9.59. The minimum atomic E-state index is -0.552. The van der Waals surface area contributed by atoms with Gasteiger partial charge in [-0.25, -0.2) is 0 Å². The third-order valence-corrected chi connectivity index (χ3v) is 3.92. The number of benzene rings is 2. The molecule has 0 unspecified atom stereocenters. The van der Waals surface area contributed by atoms with Gasteiger partial charge in [-0.3, -0.25) is 25.2 Å². The summed E-state index contributed by atoms with van der Waals surface area (Å²) in [6, 6.07) is 13.6. The second-order valence-corrected chi connectivity index (χ2v) is 7.37. The first-order valence-electron chi connectivity index (χ1n) is 9.07. The highest BCUT2D eigenvalue weighted by Gasteiger charge is 2.21. The highest BCUT2D eigenvalue weighted by atomic mass is 16.5. The summed E-state index contributed by atoms with van der Waals surface area (Å²) in [5.74, 6) is -0.345. The van der Waals surface area contributed by atoms with Gasteiger partial charge in [-0.2, -0.15) is 0 Å². The molecule has 2 rings (SSSR count). The Morgan fingerprint density at radius 3 is 2.24 bits per heavy atom. The van der Waals surface area contributed by atoms with Crippen molar-refractivity contribution in [2.45, 2.75) is 20.8 Å². The lowest BCUT2D eigenvalue weighted by molar-refractivity contribution is -0.123. The van der Waals surface area contributed by atoms with Gasteiger partial charge in [0.15, 0.2) is 0 Å². The molecule has 0 aliphatic rings. The fourth-order valence-corrected chi connectivity index (χ4v) is 2.19. The van der Waals surface area contributed by atoms with E-state index in [9.17, 15) is 14.4 Å². The average molecular weight is 398 g/mol. The summed E-state index contributed by atoms with van der Waals surface area (Å²) in [6.45, 7) is 5.38. The largest absolute Gasteiger partial charge is 0.497 e. The van der Waals surface area contributed by atoms with Crippen molar-refractivity contribution in [2.24, 2.45) is 5.41 Å². The number of carbonyl (C=O) groups is 3. The summed E-state index contributed by atoms with van der Waals surface area (Å²) in [5, 5.41) is 5.70. The van der Waals surface area contributed by atoms with Crippen molar-refractivity contribution >= 4 is 29.1 Å². The molecule has 2 aromatic rings. The minimum absolute atomic E-state index is 0.0196. The minimum Gasteiger partial charge on any atom is -0.497 e. The maximum atomic E-state index is 12.3. The van der Waals surface area contributed by atoms with Gasteiger partial charge in [0.1, 0.15) is 5.75 Å². The number of anilines is 2. The van der Waals surface area contributed by atoms with Gasteiger partial charge < -0.3 is 15.4 Å². The quantitative estimate of drug-likeness (QED) is 0.559.